The number of halogens is 2. The maximum Gasteiger partial charge on any atom is 0.254 e. The fraction of sp³-hybridized carbons (Fsp3) is 0.500. The van der Waals surface area contributed by atoms with Gasteiger partial charge in [-0.3, -0.25) is 4.79 Å². The van der Waals surface area contributed by atoms with Gasteiger partial charge in [-0.05, 0) is 25.0 Å². The summed E-state index contributed by atoms with van der Waals surface area (Å²) in [5, 5.41) is 16.8. The molecule has 1 aromatic heterocycles. The predicted molar refractivity (Wildman–Crippen MR) is 120 cm³/mol. The number of nitrogens with zero attached hydrogens (tertiary/aromatic N) is 4. The van der Waals surface area contributed by atoms with Crippen LogP contribution in [0.3, 0.4) is 0 Å². The first-order valence-electron chi connectivity index (χ1n) is 10.8. The van der Waals surface area contributed by atoms with Gasteiger partial charge in [0.2, 0.25) is 5.95 Å². The molecule has 0 saturated carbocycles. The van der Waals surface area contributed by atoms with Gasteiger partial charge >= 0.3 is 0 Å². The number of ether oxygens (including phenoxy) is 1. The van der Waals surface area contributed by atoms with E-state index >= 15 is 0 Å². The van der Waals surface area contributed by atoms with Crippen molar-refractivity contribution in [1.29, 1.82) is 0 Å². The van der Waals surface area contributed by atoms with E-state index < -0.39 is 29.5 Å². The normalized spacial score (nSPS) is 20.3. The number of hydrogen-bond donors (Lipinski definition) is 3. The van der Waals surface area contributed by atoms with Crippen molar-refractivity contribution >= 4 is 23.4 Å². The van der Waals surface area contributed by atoms with E-state index in [-0.39, 0.29) is 23.6 Å². The third-order valence-electron chi connectivity index (χ3n) is 6.10. The number of nitrogens with one attached hydrogen (secondary N) is 2. The first-order chi connectivity index (χ1) is 15.6. The van der Waals surface area contributed by atoms with Gasteiger partial charge in [0, 0.05) is 25.7 Å². The molecule has 1 fully saturated rings. The number of benzene rings is 1. The molecular formula is C22H28F2N6O3. The lowest BCUT2D eigenvalue weighted by atomic mass is 9.98. The standard InChI is InChI=1S/C22H28F2N6O3/c1-10(2)17-20(31)27-16-11(3)25-22(28-19(16)29(17)4)26-13-8-30(9-13)21(32)12-6-14(23)18(33-5)15(24)7-12/h6-7,10,13,17,20,27,31H,8-9H2,1-5H3,(H,25,26,28)/t17-,20?/m0/s1. The summed E-state index contributed by atoms with van der Waals surface area (Å²) in [4.78, 5) is 25.1. The van der Waals surface area contributed by atoms with Crippen LogP contribution in [0.15, 0.2) is 12.1 Å². The van der Waals surface area contributed by atoms with Crippen LogP contribution in [0.2, 0.25) is 0 Å². The summed E-state index contributed by atoms with van der Waals surface area (Å²) >= 11 is 0. The number of methoxy groups -OCH3 is 1. The van der Waals surface area contributed by atoms with Gasteiger partial charge < -0.3 is 30.3 Å². The molecule has 0 radical (unpaired) electrons. The first-order valence-corrected chi connectivity index (χ1v) is 10.8. The van der Waals surface area contributed by atoms with E-state index in [1.54, 1.807) is 0 Å². The molecule has 1 saturated heterocycles. The van der Waals surface area contributed by atoms with E-state index in [9.17, 15) is 18.7 Å². The van der Waals surface area contributed by atoms with Crippen molar-refractivity contribution in [2.45, 2.75) is 39.1 Å². The highest BCUT2D eigenvalue weighted by Crippen LogP contribution is 2.36. The van der Waals surface area contributed by atoms with Gasteiger partial charge in [-0.15, -0.1) is 0 Å². The lowest BCUT2D eigenvalue weighted by Crippen LogP contribution is -2.57. The van der Waals surface area contributed by atoms with Crippen molar-refractivity contribution in [3.63, 3.8) is 0 Å². The van der Waals surface area contributed by atoms with E-state index in [0.29, 0.717) is 36.2 Å². The van der Waals surface area contributed by atoms with Crippen molar-refractivity contribution in [1.82, 2.24) is 14.9 Å². The highest BCUT2D eigenvalue weighted by atomic mass is 19.1. The molecule has 1 amide bonds. The topological polar surface area (TPSA) is 103 Å². The Morgan fingerprint density at radius 2 is 1.91 bits per heavy atom. The van der Waals surface area contributed by atoms with E-state index in [1.807, 2.05) is 32.7 Å². The third-order valence-corrected chi connectivity index (χ3v) is 6.10. The molecule has 11 heteroatoms. The summed E-state index contributed by atoms with van der Waals surface area (Å²) in [6.07, 6.45) is -0.734. The molecule has 2 aromatic rings. The zero-order chi connectivity index (χ0) is 24.0. The van der Waals surface area contributed by atoms with E-state index in [2.05, 4.69) is 25.3 Å². The Balaban J connectivity index is 1.44. The van der Waals surface area contributed by atoms with Gasteiger partial charge in [0.25, 0.3) is 5.91 Å². The molecule has 3 heterocycles. The number of likely N-dealkylation sites (tertiary alicyclic amines) is 1. The molecular weight excluding hydrogens is 434 g/mol. The zero-order valence-electron chi connectivity index (χ0n) is 19.2. The lowest BCUT2D eigenvalue weighted by molar-refractivity contribution is 0.0623. The molecule has 3 N–H and O–H groups in total. The fourth-order valence-corrected chi connectivity index (χ4v) is 4.42. The van der Waals surface area contributed by atoms with Crippen LogP contribution < -0.4 is 20.3 Å². The number of carbonyl (C=O) groups excluding carboxylic acids is 1. The van der Waals surface area contributed by atoms with Gasteiger partial charge in [0.1, 0.15) is 11.9 Å². The van der Waals surface area contributed by atoms with Gasteiger partial charge in [0.15, 0.2) is 23.2 Å². The third kappa shape index (κ3) is 4.12. The Labute approximate surface area is 190 Å². The number of hydrogen-bond acceptors (Lipinski definition) is 8. The van der Waals surface area contributed by atoms with Gasteiger partial charge in [-0.1, -0.05) is 13.8 Å². The Kier molecular flexibility index (Phi) is 6.00. The van der Waals surface area contributed by atoms with Gasteiger partial charge in [-0.2, -0.15) is 4.98 Å². The number of amides is 1. The summed E-state index contributed by atoms with van der Waals surface area (Å²) in [7, 11) is 3.05. The largest absolute Gasteiger partial charge is 0.491 e. The molecule has 33 heavy (non-hydrogen) atoms. The Morgan fingerprint density at radius 3 is 2.48 bits per heavy atom. The Morgan fingerprint density at radius 1 is 1.27 bits per heavy atom. The molecule has 2 aliphatic rings. The van der Waals surface area contributed by atoms with Crippen LogP contribution >= 0.6 is 0 Å². The SMILES string of the molecule is COc1c(F)cc(C(=O)N2CC(Nc3nc(C)c4c(n3)N(C)[C@@H](C(C)C)C(O)N4)C2)cc1F. The second-order valence-electron chi connectivity index (χ2n) is 8.79. The van der Waals surface area contributed by atoms with Crippen LogP contribution in [-0.4, -0.2) is 71.4 Å². The number of rotatable bonds is 5. The van der Waals surface area contributed by atoms with Crippen molar-refractivity contribution in [3.05, 3.63) is 35.0 Å². The lowest BCUT2D eigenvalue weighted by Gasteiger charge is -2.42. The number of anilines is 3. The average Bonchev–Trinajstić information content (AvgIpc) is 2.70. The van der Waals surface area contributed by atoms with Crippen LogP contribution in [0.1, 0.15) is 29.9 Å². The number of aliphatic hydroxyl groups is 1. The highest BCUT2D eigenvalue weighted by molar-refractivity contribution is 5.95. The maximum absolute atomic E-state index is 13.9. The molecule has 1 unspecified atom stereocenters. The average molecular weight is 463 g/mol. The van der Waals surface area contributed by atoms with Crippen LogP contribution in [0, 0.1) is 24.5 Å². The Hall–Kier alpha value is -3.21. The number of fused-ring (bicyclic) bond motifs is 1. The first kappa shape index (κ1) is 23.0. The number of aromatic nitrogens is 2. The summed E-state index contributed by atoms with van der Waals surface area (Å²) in [5.41, 5.74) is 1.30. The number of aryl methyl sites for hydroxylation is 1. The molecule has 178 valence electrons. The quantitative estimate of drug-likeness (QED) is 0.622. The number of aliphatic hydroxyl groups excluding tert-OH is 1. The van der Waals surface area contributed by atoms with E-state index in [4.69, 9.17) is 0 Å². The predicted octanol–water partition coefficient (Wildman–Crippen LogP) is 2.21. The summed E-state index contributed by atoms with van der Waals surface area (Å²) in [5.74, 6) is -1.53. The van der Waals surface area contributed by atoms with Gasteiger partial charge in [0.05, 0.1) is 24.9 Å². The molecule has 2 aliphatic heterocycles. The molecule has 0 spiro atoms. The monoisotopic (exact) mass is 462 g/mol. The molecule has 9 nitrogen and oxygen atoms in total. The zero-order valence-corrected chi connectivity index (χ0v) is 19.2. The van der Waals surface area contributed by atoms with Crippen molar-refractivity contribution in [2.75, 3.05) is 42.8 Å². The van der Waals surface area contributed by atoms with Crippen LogP contribution in [0.5, 0.6) is 5.75 Å². The minimum absolute atomic E-state index is 0.0730. The summed E-state index contributed by atoms with van der Waals surface area (Å²) < 4.78 is 32.5. The van der Waals surface area contributed by atoms with Crippen LogP contribution in [0.4, 0.5) is 26.2 Å². The van der Waals surface area contributed by atoms with E-state index in [0.717, 1.165) is 19.2 Å². The number of carbonyl (C=O) groups is 1. The molecule has 4 rings (SSSR count). The molecule has 1 aromatic carbocycles. The second kappa shape index (κ2) is 8.62. The molecule has 0 bridgehead atoms. The number of likely N-dealkylation sites (N-methyl/N-ethyl adjacent to an activating group) is 1. The highest BCUT2D eigenvalue weighted by Gasteiger charge is 2.36. The van der Waals surface area contributed by atoms with Gasteiger partial charge in [-0.25, -0.2) is 13.8 Å². The van der Waals surface area contributed by atoms with Crippen molar-refractivity contribution < 1.29 is 23.4 Å². The molecule has 2 atom stereocenters. The second-order valence-corrected chi connectivity index (χ2v) is 8.79. The fourth-order valence-electron chi connectivity index (χ4n) is 4.42. The maximum atomic E-state index is 13.9. The van der Waals surface area contributed by atoms with Crippen LogP contribution in [0.25, 0.3) is 0 Å². The van der Waals surface area contributed by atoms with Crippen LogP contribution in [-0.2, 0) is 0 Å². The summed E-state index contributed by atoms with van der Waals surface area (Å²) in [6.45, 7) is 6.58. The Bertz CT molecular complexity index is 1050. The molecule has 0 aliphatic carbocycles. The minimum atomic E-state index is -0.920. The summed E-state index contributed by atoms with van der Waals surface area (Å²) in [6, 6.07) is 1.70. The minimum Gasteiger partial charge on any atom is -0.491 e. The smallest absolute Gasteiger partial charge is 0.254 e. The van der Waals surface area contributed by atoms with Crippen molar-refractivity contribution in [3.8, 4) is 5.75 Å². The van der Waals surface area contributed by atoms with Crippen molar-refractivity contribution in [2.24, 2.45) is 5.92 Å². The van der Waals surface area contributed by atoms with E-state index in [1.165, 1.54) is 4.90 Å².